The molecule has 2 nitrogen and oxygen atoms in total. The van der Waals surface area contributed by atoms with Gasteiger partial charge in [-0.15, -0.1) is 0 Å². The molecule has 98 valence electrons. The second-order valence-electron chi connectivity index (χ2n) is 4.56. The zero-order valence-electron chi connectivity index (χ0n) is 11.2. The number of ether oxygens (including phenoxy) is 1. The summed E-state index contributed by atoms with van der Waals surface area (Å²) in [7, 11) is 1.40. The van der Waals surface area contributed by atoms with Crippen molar-refractivity contribution in [3.05, 3.63) is 72.3 Å². The van der Waals surface area contributed by atoms with Crippen LogP contribution in [0.25, 0.3) is 21.9 Å². The number of hydrogen-bond acceptors (Lipinski definition) is 2. The highest BCUT2D eigenvalue weighted by molar-refractivity contribution is 6.09. The van der Waals surface area contributed by atoms with Gasteiger partial charge in [-0.1, -0.05) is 60.7 Å². The molecule has 0 saturated carbocycles. The summed E-state index contributed by atoms with van der Waals surface area (Å²) in [5.74, 6) is -0.305. The second kappa shape index (κ2) is 5.17. The predicted molar refractivity (Wildman–Crippen MR) is 80.7 cm³/mol. The summed E-state index contributed by atoms with van der Waals surface area (Å²) in [6.45, 7) is 0. The third-order valence-corrected chi connectivity index (χ3v) is 3.41. The Morgan fingerprint density at radius 3 is 2.15 bits per heavy atom. The summed E-state index contributed by atoms with van der Waals surface area (Å²) in [5.41, 5.74) is 2.86. The van der Waals surface area contributed by atoms with Gasteiger partial charge in [0.15, 0.2) is 0 Å². The lowest BCUT2D eigenvalue weighted by molar-refractivity contribution is 0.0603. The quantitative estimate of drug-likeness (QED) is 0.644. The normalized spacial score (nSPS) is 10.4. The van der Waals surface area contributed by atoms with Gasteiger partial charge in [-0.25, -0.2) is 4.79 Å². The first-order chi connectivity index (χ1) is 9.81. The number of hydrogen-bond donors (Lipinski definition) is 0. The molecule has 3 aromatic rings. The molecular weight excluding hydrogens is 248 g/mol. The second-order valence-corrected chi connectivity index (χ2v) is 4.56. The highest BCUT2D eigenvalue weighted by atomic mass is 16.5. The van der Waals surface area contributed by atoms with Gasteiger partial charge in [0, 0.05) is 0 Å². The molecule has 20 heavy (non-hydrogen) atoms. The van der Waals surface area contributed by atoms with E-state index in [9.17, 15) is 4.79 Å². The molecule has 0 heterocycles. The van der Waals surface area contributed by atoms with Crippen molar-refractivity contribution in [3.8, 4) is 11.1 Å². The fraction of sp³-hybridized carbons (Fsp3) is 0.0556. The number of carbonyl (C=O) groups is 1. The molecular formula is C18H14O2. The van der Waals surface area contributed by atoms with Crippen LogP contribution in [0.3, 0.4) is 0 Å². The zero-order valence-corrected chi connectivity index (χ0v) is 11.2. The first-order valence-electron chi connectivity index (χ1n) is 6.47. The molecule has 0 fully saturated rings. The third-order valence-electron chi connectivity index (χ3n) is 3.41. The highest BCUT2D eigenvalue weighted by Crippen LogP contribution is 2.30. The topological polar surface area (TPSA) is 26.3 Å². The summed E-state index contributed by atoms with van der Waals surface area (Å²) in [6, 6.07) is 21.9. The van der Waals surface area contributed by atoms with E-state index in [0.29, 0.717) is 5.56 Å². The van der Waals surface area contributed by atoms with Crippen LogP contribution in [0.2, 0.25) is 0 Å². The first-order valence-corrected chi connectivity index (χ1v) is 6.47. The third kappa shape index (κ3) is 2.05. The maximum absolute atomic E-state index is 11.9. The molecule has 0 aliphatic heterocycles. The zero-order chi connectivity index (χ0) is 13.9. The molecule has 3 aromatic carbocycles. The van der Waals surface area contributed by atoms with E-state index >= 15 is 0 Å². The van der Waals surface area contributed by atoms with Gasteiger partial charge < -0.3 is 4.74 Å². The van der Waals surface area contributed by atoms with Crippen LogP contribution in [-0.4, -0.2) is 13.1 Å². The Labute approximate surface area is 117 Å². The number of esters is 1. The van der Waals surface area contributed by atoms with Crippen LogP contribution >= 0.6 is 0 Å². The predicted octanol–water partition coefficient (Wildman–Crippen LogP) is 4.29. The van der Waals surface area contributed by atoms with E-state index in [1.54, 1.807) is 0 Å². The minimum atomic E-state index is -0.305. The van der Waals surface area contributed by atoms with Crippen LogP contribution in [0.15, 0.2) is 66.7 Å². The van der Waals surface area contributed by atoms with Gasteiger partial charge in [0.05, 0.1) is 12.7 Å². The van der Waals surface area contributed by atoms with E-state index in [2.05, 4.69) is 12.1 Å². The summed E-state index contributed by atoms with van der Waals surface area (Å²) in [5, 5.41) is 1.97. The molecule has 0 aliphatic carbocycles. The van der Waals surface area contributed by atoms with Gasteiger partial charge in [0.1, 0.15) is 0 Å². The lowest BCUT2D eigenvalue weighted by Gasteiger charge is -2.10. The van der Waals surface area contributed by atoms with Crippen LogP contribution in [0.5, 0.6) is 0 Å². The van der Waals surface area contributed by atoms with Crippen molar-refractivity contribution in [2.75, 3.05) is 7.11 Å². The van der Waals surface area contributed by atoms with Gasteiger partial charge in [-0.2, -0.15) is 0 Å². The van der Waals surface area contributed by atoms with E-state index in [-0.39, 0.29) is 5.97 Å². The smallest absolute Gasteiger partial charge is 0.338 e. The Balaban J connectivity index is 2.30. The molecule has 0 radical (unpaired) electrons. The van der Waals surface area contributed by atoms with Crippen molar-refractivity contribution in [2.45, 2.75) is 0 Å². The Morgan fingerprint density at radius 1 is 0.800 bits per heavy atom. The fourth-order valence-electron chi connectivity index (χ4n) is 2.46. The van der Waals surface area contributed by atoms with E-state index in [4.69, 9.17) is 4.74 Å². The average molecular weight is 262 g/mol. The minimum absolute atomic E-state index is 0.305. The number of rotatable bonds is 2. The van der Waals surface area contributed by atoms with Crippen molar-refractivity contribution >= 4 is 16.7 Å². The molecule has 0 amide bonds. The summed E-state index contributed by atoms with van der Waals surface area (Å²) in [4.78, 5) is 11.9. The van der Waals surface area contributed by atoms with E-state index in [1.165, 1.54) is 7.11 Å². The number of methoxy groups -OCH3 is 1. The molecule has 0 saturated heterocycles. The maximum Gasteiger partial charge on any atom is 0.338 e. The van der Waals surface area contributed by atoms with Crippen LogP contribution in [0, 0.1) is 0 Å². The summed E-state index contributed by atoms with van der Waals surface area (Å²) in [6.07, 6.45) is 0. The first kappa shape index (κ1) is 12.4. The molecule has 3 rings (SSSR count). The Bertz CT molecular complexity index is 761. The number of carbonyl (C=O) groups excluding carboxylic acids is 1. The Morgan fingerprint density at radius 2 is 1.45 bits per heavy atom. The molecule has 0 N–H and O–H groups in total. The van der Waals surface area contributed by atoms with E-state index in [0.717, 1.165) is 21.9 Å². The summed E-state index contributed by atoms with van der Waals surface area (Å²) >= 11 is 0. The van der Waals surface area contributed by atoms with Crippen molar-refractivity contribution in [3.63, 3.8) is 0 Å². The minimum Gasteiger partial charge on any atom is -0.465 e. The molecule has 2 heteroatoms. The molecule has 0 spiro atoms. The number of fused-ring (bicyclic) bond motifs is 1. The SMILES string of the molecule is COC(=O)c1ccc(-c2ccccc2)c2ccccc12. The van der Waals surface area contributed by atoms with Crippen LogP contribution in [0.4, 0.5) is 0 Å². The Hall–Kier alpha value is -2.61. The highest BCUT2D eigenvalue weighted by Gasteiger charge is 2.12. The van der Waals surface area contributed by atoms with Crippen molar-refractivity contribution in [1.29, 1.82) is 0 Å². The molecule has 0 aromatic heterocycles. The lowest BCUT2D eigenvalue weighted by atomic mass is 9.95. The van der Waals surface area contributed by atoms with Crippen LogP contribution in [0.1, 0.15) is 10.4 Å². The Kier molecular flexibility index (Phi) is 3.21. The standard InChI is InChI=1S/C18H14O2/c1-20-18(19)17-12-11-14(13-7-3-2-4-8-13)15-9-5-6-10-16(15)17/h2-12H,1H3. The van der Waals surface area contributed by atoms with Gasteiger partial charge in [-0.05, 0) is 28.0 Å². The van der Waals surface area contributed by atoms with Gasteiger partial charge in [0.25, 0.3) is 0 Å². The summed E-state index contributed by atoms with van der Waals surface area (Å²) < 4.78 is 4.85. The van der Waals surface area contributed by atoms with Gasteiger partial charge >= 0.3 is 5.97 Å². The van der Waals surface area contributed by atoms with Crippen molar-refractivity contribution in [2.24, 2.45) is 0 Å². The van der Waals surface area contributed by atoms with Crippen molar-refractivity contribution in [1.82, 2.24) is 0 Å². The van der Waals surface area contributed by atoms with Gasteiger partial charge in [0.2, 0.25) is 0 Å². The number of benzene rings is 3. The largest absolute Gasteiger partial charge is 0.465 e. The molecule has 0 bridgehead atoms. The van der Waals surface area contributed by atoms with E-state index in [1.807, 2.05) is 54.6 Å². The molecule has 0 unspecified atom stereocenters. The monoisotopic (exact) mass is 262 g/mol. The van der Waals surface area contributed by atoms with Crippen LogP contribution < -0.4 is 0 Å². The van der Waals surface area contributed by atoms with E-state index < -0.39 is 0 Å². The van der Waals surface area contributed by atoms with Crippen LogP contribution in [-0.2, 0) is 4.74 Å². The lowest BCUT2D eigenvalue weighted by Crippen LogP contribution is -2.02. The fourth-order valence-corrected chi connectivity index (χ4v) is 2.46. The maximum atomic E-state index is 11.9. The molecule has 0 atom stereocenters. The van der Waals surface area contributed by atoms with Gasteiger partial charge in [-0.3, -0.25) is 0 Å². The average Bonchev–Trinajstić information content (AvgIpc) is 2.54. The molecule has 0 aliphatic rings. The van der Waals surface area contributed by atoms with Crippen molar-refractivity contribution < 1.29 is 9.53 Å².